The molecule has 5 heteroatoms. The first-order valence-corrected chi connectivity index (χ1v) is 11.8. The second-order valence-corrected chi connectivity index (χ2v) is 7.89. The predicted octanol–water partition coefficient (Wildman–Crippen LogP) is 4.20. The Morgan fingerprint density at radius 1 is 1.21 bits per heavy atom. The Balaban J connectivity index is 0. The molecule has 86 valence electrons. The van der Waals surface area contributed by atoms with Crippen molar-refractivity contribution in [3.05, 3.63) is 30.3 Å². The summed E-state index contributed by atoms with van der Waals surface area (Å²) < 4.78 is 0. The fraction of sp³-hybridized carbons (Fsp3) is 0.444. The molecule has 1 aromatic rings. The summed E-state index contributed by atoms with van der Waals surface area (Å²) >= 11 is -0.556. The van der Waals surface area contributed by atoms with E-state index in [0.717, 1.165) is 12.3 Å². The molecule has 0 atom stereocenters. The van der Waals surface area contributed by atoms with Gasteiger partial charge in [0, 0.05) is 8.15 Å². The molecule has 0 saturated heterocycles. The maximum atomic E-state index is 8.73. The van der Waals surface area contributed by atoms with Crippen LogP contribution < -0.4 is 0 Å². The first-order chi connectivity index (χ1) is 6.72. The minimum atomic E-state index is -0.576. The predicted molar refractivity (Wildman–Crippen MR) is 64.0 cm³/mol. The van der Waals surface area contributed by atoms with Crippen molar-refractivity contribution in [3.63, 3.8) is 0 Å². The molecule has 0 spiro atoms. The maximum absolute atomic E-state index is 8.73. The van der Waals surface area contributed by atoms with Gasteiger partial charge in [-0.15, -0.1) is 0 Å². The smallest absolute Gasteiger partial charge is 0.172 e. The molecule has 0 bridgehead atoms. The fourth-order valence-electron chi connectivity index (χ4n) is 0.544. The van der Waals surface area contributed by atoms with Gasteiger partial charge in [0.2, 0.25) is 0 Å². The van der Waals surface area contributed by atoms with Crippen LogP contribution in [-0.2, 0) is 15.7 Å². The average Bonchev–Trinajstić information content (AvgIpc) is 2.76. The van der Waals surface area contributed by atoms with Gasteiger partial charge in [0.05, 0.1) is 0 Å². The minimum Gasteiger partial charge on any atom is -0.214 e. The summed E-state index contributed by atoms with van der Waals surface area (Å²) in [6, 6.07) is 10.0. The Kier molecular flexibility index (Phi) is 20.3. The quantitative estimate of drug-likeness (QED) is 0.547. The molecule has 0 amide bonds. The van der Waals surface area contributed by atoms with Gasteiger partial charge in [0.25, 0.3) is 0 Å². The van der Waals surface area contributed by atoms with Crippen LogP contribution in [0.25, 0.3) is 0 Å². The normalized spacial score (nSPS) is 8.71. The van der Waals surface area contributed by atoms with Crippen LogP contribution in [0, 0.1) is 0 Å². The van der Waals surface area contributed by atoms with Crippen molar-refractivity contribution in [2.75, 3.05) is 12.3 Å². The number of rotatable bonds is 2. The summed E-state index contributed by atoms with van der Waals surface area (Å²) in [4.78, 5) is 8.73. The van der Waals surface area contributed by atoms with Crippen molar-refractivity contribution < 1.29 is 20.6 Å². The SMILES string of the molecule is CCP(O)CC.[Cl][Ir+][Cl].c1cc[cH-]c1. The van der Waals surface area contributed by atoms with Gasteiger partial charge in [-0.2, -0.15) is 18.2 Å². The van der Waals surface area contributed by atoms with E-state index in [0.29, 0.717) is 0 Å². The molecule has 0 radical (unpaired) electrons. The van der Waals surface area contributed by atoms with E-state index in [1.165, 1.54) is 0 Å². The van der Waals surface area contributed by atoms with Gasteiger partial charge >= 0.3 is 34.8 Å². The van der Waals surface area contributed by atoms with Gasteiger partial charge in [-0.1, -0.05) is 13.8 Å². The van der Waals surface area contributed by atoms with Crippen LogP contribution in [0.5, 0.6) is 0 Å². The van der Waals surface area contributed by atoms with Crippen LogP contribution in [0.4, 0.5) is 0 Å². The van der Waals surface area contributed by atoms with E-state index in [4.69, 9.17) is 24.1 Å². The molecule has 1 nitrogen and oxygen atoms in total. The second-order valence-electron chi connectivity index (χ2n) is 2.15. The van der Waals surface area contributed by atoms with Crippen LogP contribution in [0.1, 0.15) is 13.8 Å². The zero-order valence-electron chi connectivity index (χ0n) is 8.28. The van der Waals surface area contributed by atoms with E-state index in [9.17, 15) is 0 Å². The second kappa shape index (κ2) is 16.4. The van der Waals surface area contributed by atoms with E-state index in [2.05, 4.69) is 0 Å². The molecule has 0 aromatic heterocycles. The number of hydrogen-bond acceptors (Lipinski definition) is 1. The molecule has 1 aromatic carbocycles. The summed E-state index contributed by atoms with van der Waals surface area (Å²) in [5.41, 5.74) is 0. The summed E-state index contributed by atoms with van der Waals surface area (Å²) in [6.45, 7) is 4.02. The first-order valence-electron chi connectivity index (χ1n) is 4.17. The molecule has 0 unspecified atom stereocenters. The molecule has 0 aliphatic carbocycles. The van der Waals surface area contributed by atoms with E-state index in [1.54, 1.807) is 0 Å². The van der Waals surface area contributed by atoms with E-state index >= 15 is 0 Å². The third kappa shape index (κ3) is 18.7. The van der Waals surface area contributed by atoms with Gasteiger partial charge in [0.1, 0.15) is 0 Å². The molecule has 0 saturated carbocycles. The van der Waals surface area contributed by atoms with Crippen LogP contribution in [0.3, 0.4) is 0 Å². The van der Waals surface area contributed by atoms with Gasteiger partial charge in [-0.25, -0.2) is 12.1 Å². The van der Waals surface area contributed by atoms with E-state index in [1.807, 2.05) is 44.2 Å². The topological polar surface area (TPSA) is 20.2 Å². The Hall–Kier alpha value is 0.969. The summed E-state index contributed by atoms with van der Waals surface area (Å²) in [6.07, 6.45) is 1.90. The molecular formula is C9H16Cl2IrOP. The van der Waals surface area contributed by atoms with E-state index < -0.39 is 23.8 Å². The maximum Gasteiger partial charge on any atom is -0.172 e. The first kappa shape index (κ1) is 17.4. The molecule has 0 aliphatic rings. The Morgan fingerprint density at radius 3 is 1.64 bits per heavy atom. The van der Waals surface area contributed by atoms with E-state index in [-0.39, 0.29) is 0 Å². The molecule has 14 heavy (non-hydrogen) atoms. The molecule has 1 rings (SSSR count). The van der Waals surface area contributed by atoms with Gasteiger partial charge < -0.3 is 4.89 Å². The summed E-state index contributed by atoms with van der Waals surface area (Å²) in [5, 5.41) is 0. The largest absolute Gasteiger partial charge is 0.214 e. The molecule has 1 N–H and O–H groups in total. The zero-order valence-corrected chi connectivity index (χ0v) is 13.1. The van der Waals surface area contributed by atoms with Crippen LogP contribution in [0.2, 0.25) is 0 Å². The monoisotopic (exact) mass is 434 g/mol. The number of hydrogen-bond donors (Lipinski definition) is 1. The van der Waals surface area contributed by atoms with Crippen LogP contribution >= 0.6 is 27.3 Å². The summed E-state index contributed by atoms with van der Waals surface area (Å²) in [7, 11) is 9.20. The van der Waals surface area contributed by atoms with Crippen molar-refractivity contribution in [1.29, 1.82) is 0 Å². The fourth-order valence-corrected chi connectivity index (χ4v) is 0.992. The van der Waals surface area contributed by atoms with Crippen molar-refractivity contribution >= 4 is 27.3 Å². The van der Waals surface area contributed by atoms with Gasteiger partial charge in [-0.05, 0) is 12.3 Å². The van der Waals surface area contributed by atoms with Gasteiger partial charge in [0.15, 0.2) is 0 Å². The Bertz CT molecular complexity index is 141. The molecular weight excluding hydrogens is 418 g/mol. The van der Waals surface area contributed by atoms with Crippen molar-refractivity contribution in [1.82, 2.24) is 0 Å². The third-order valence-corrected chi connectivity index (χ3v) is 2.75. The van der Waals surface area contributed by atoms with Crippen LogP contribution in [0.15, 0.2) is 30.3 Å². The molecule has 0 fully saturated rings. The summed E-state index contributed by atoms with van der Waals surface area (Å²) in [5.74, 6) is 0. The number of halogens is 2. The Labute approximate surface area is 104 Å². The van der Waals surface area contributed by atoms with Gasteiger partial charge in [-0.3, -0.25) is 0 Å². The standard InChI is InChI=1S/C5H5.C4H11OP.2ClH.Ir/c1-2-4-5-3-1;1-3-6(5)4-2;;;/h1-5H;5H,3-4H2,1-2H3;2*1H;/q-1;;;;+3/p-2. The van der Waals surface area contributed by atoms with Crippen molar-refractivity contribution in [2.45, 2.75) is 13.8 Å². The molecule has 0 heterocycles. The Morgan fingerprint density at radius 2 is 1.57 bits per heavy atom. The minimum absolute atomic E-state index is 0.556. The molecule has 0 aliphatic heterocycles. The van der Waals surface area contributed by atoms with Crippen molar-refractivity contribution in [2.24, 2.45) is 0 Å². The third-order valence-electron chi connectivity index (χ3n) is 1.29. The van der Waals surface area contributed by atoms with Crippen LogP contribution in [-0.4, -0.2) is 17.2 Å². The zero-order chi connectivity index (χ0) is 11.2. The van der Waals surface area contributed by atoms with Crippen molar-refractivity contribution in [3.8, 4) is 0 Å². The average molecular weight is 434 g/mol.